The van der Waals surface area contributed by atoms with Gasteiger partial charge in [0.2, 0.25) is 0 Å². The van der Waals surface area contributed by atoms with Crippen molar-refractivity contribution in [3.8, 4) is 0 Å². The van der Waals surface area contributed by atoms with Crippen LogP contribution in [0.3, 0.4) is 0 Å². The molecular weight excluding hydrogens is 358 g/mol. The van der Waals surface area contributed by atoms with Gasteiger partial charge in [-0.05, 0) is 37.6 Å². The summed E-state index contributed by atoms with van der Waals surface area (Å²) in [7, 11) is 1.93. The Morgan fingerprint density at radius 2 is 1.83 bits per heavy atom. The van der Waals surface area contributed by atoms with Crippen LogP contribution >= 0.6 is 15.9 Å². The minimum absolute atomic E-state index is 0.0511. The summed E-state index contributed by atoms with van der Waals surface area (Å²) in [6, 6.07) is 7.81. The fourth-order valence-electron chi connectivity index (χ4n) is 3.49. The topological polar surface area (TPSA) is 52.6 Å². The third-order valence-electron chi connectivity index (χ3n) is 4.70. The molecule has 1 aliphatic heterocycles. The smallest absolute Gasteiger partial charge is 0.323 e. The zero-order chi connectivity index (χ0) is 16.4. The number of carbonyl (C=O) groups is 2. The van der Waals surface area contributed by atoms with Gasteiger partial charge in [0.25, 0.3) is 5.91 Å². The molecule has 2 aliphatic rings. The highest BCUT2D eigenvalue weighted by Gasteiger charge is 2.51. The van der Waals surface area contributed by atoms with Crippen molar-refractivity contribution in [2.24, 2.45) is 0 Å². The Bertz CT molecular complexity index is 596. The van der Waals surface area contributed by atoms with Gasteiger partial charge in [0, 0.05) is 11.0 Å². The lowest BCUT2D eigenvalue weighted by Gasteiger charge is -2.31. The second-order valence-electron chi connectivity index (χ2n) is 6.59. The SMILES string of the molecule is CN(Cc1ccc(Br)cc1)CN1C(=O)NC2(CCCCC2)C1=O. The van der Waals surface area contributed by atoms with Gasteiger partial charge in [-0.25, -0.2) is 9.69 Å². The van der Waals surface area contributed by atoms with Crippen molar-refractivity contribution in [3.05, 3.63) is 34.3 Å². The summed E-state index contributed by atoms with van der Waals surface area (Å²) >= 11 is 3.42. The predicted molar refractivity (Wildman–Crippen MR) is 91.7 cm³/mol. The zero-order valence-corrected chi connectivity index (χ0v) is 14.9. The van der Waals surface area contributed by atoms with Crippen LogP contribution in [0.25, 0.3) is 0 Å². The maximum Gasteiger partial charge on any atom is 0.326 e. The summed E-state index contributed by atoms with van der Waals surface area (Å²) in [5.74, 6) is -0.0511. The van der Waals surface area contributed by atoms with E-state index in [0.717, 1.165) is 42.1 Å². The average molecular weight is 380 g/mol. The molecule has 3 amide bonds. The number of nitrogens with zero attached hydrogens (tertiary/aromatic N) is 2. The molecule has 0 unspecified atom stereocenters. The number of imide groups is 1. The Kier molecular flexibility index (Phi) is 4.73. The lowest BCUT2D eigenvalue weighted by atomic mass is 9.82. The maximum absolute atomic E-state index is 12.7. The molecule has 1 saturated heterocycles. The van der Waals surface area contributed by atoms with Gasteiger partial charge in [0.05, 0.1) is 6.67 Å². The van der Waals surface area contributed by atoms with Crippen LogP contribution < -0.4 is 5.32 Å². The number of nitrogens with one attached hydrogen (secondary N) is 1. The highest BCUT2D eigenvalue weighted by Crippen LogP contribution is 2.33. The van der Waals surface area contributed by atoms with Crippen molar-refractivity contribution in [2.75, 3.05) is 13.7 Å². The van der Waals surface area contributed by atoms with Crippen molar-refractivity contribution in [2.45, 2.75) is 44.2 Å². The van der Waals surface area contributed by atoms with E-state index in [9.17, 15) is 9.59 Å². The number of rotatable bonds is 4. The molecule has 0 radical (unpaired) electrons. The summed E-state index contributed by atoms with van der Waals surface area (Å²) in [5, 5.41) is 2.95. The van der Waals surface area contributed by atoms with Gasteiger partial charge >= 0.3 is 6.03 Å². The molecule has 1 aliphatic carbocycles. The predicted octanol–water partition coefficient (Wildman–Crippen LogP) is 3.09. The highest BCUT2D eigenvalue weighted by molar-refractivity contribution is 9.10. The quantitative estimate of drug-likeness (QED) is 0.817. The van der Waals surface area contributed by atoms with Crippen LogP contribution in [0.1, 0.15) is 37.7 Å². The second kappa shape index (κ2) is 6.61. The van der Waals surface area contributed by atoms with Gasteiger partial charge in [0.1, 0.15) is 5.54 Å². The molecule has 124 valence electrons. The molecule has 1 spiro atoms. The molecule has 6 heteroatoms. The van der Waals surface area contributed by atoms with E-state index in [1.807, 2.05) is 36.2 Å². The summed E-state index contributed by atoms with van der Waals surface area (Å²) in [6.45, 7) is 1.01. The van der Waals surface area contributed by atoms with Crippen molar-refractivity contribution >= 4 is 27.9 Å². The van der Waals surface area contributed by atoms with Crippen molar-refractivity contribution in [1.29, 1.82) is 0 Å². The molecule has 0 atom stereocenters. The molecule has 1 aromatic carbocycles. The summed E-state index contributed by atoms with van der Waals surface area (Å²) in [6.07, 6.45) is 4.70. The summed E-state index contributed by atoms with van der Waals surface area (Å²) in [5.41, 5.74) is 0.517. The third-order valence-corrected chi connectivity index (χ3v) is 5.23. The normalized spacial score (nSPS) is 20.4. The van der Waals surface area contributed by atoms with Gasteiger partial charge in [-0.3, -0.25) is 9.69 Å². The van der Waals surface area contributed by atoms with E-state index in [-0.39, 0.29) is 11.9 Å². The van der Waals surface area contributed by atoms with Gasteiger partial charge in [-0.15, -0.1) is 0 Å². The van der Waals surface area contributed by atoms with Crippen LogP contribution in [0, 0.1) is 0 Å². The van der Waals surface area contributed by atoms with Crippen LogP contribution in [0.15, 0.2) is 28.7 Å². The first-order valence-electron chi connectivity index (χ1n) is 8.07. The number of amides is 3. The Balaban J connectivity index is 1.63. The lowest BCUT2D eigenvalue weighted by Crippen LogP contribution is -2.48. The Labute approximate surface area is 145 Å². The van der Waals surface area contributed by atoms with E-state index in [4.69, 9.17) is 0 Å². The lowest BCUT2D eigenvalue weighted by molar-refractivity contribution is -0.133. The molecule has 0 bridgehead atoms. The molecule has 23 heavy (non-hydrogen) atoms. The monoisotopic (exact) mass is 379 g/mol. The van der Waals surface area contributed by atoms with Crippen molar-refractivity contribution in [3.63, 3.8) is 0 Å². The molecular formula is C17H22BrN3O2. The van der Waals surface area contributed by atoms with Crippen LogP contribution in [-0.2, 0) is 11.3 Å². The number of urea groups is 1. The molecule has 1 saturated carbocycles. The molecule has 1 heterocycles. The zero-order valence-electron chi connectivity index (χ0n) is 13.3. The van der Waals surface area contributed by atoms with Crippen LogP contribution in [0.2, 0.25) is 0 Å². The fourth-order valence-corrected chi connectivity index (χ4v) is 3.76. The van der Waals surface area contributed by atoms with E-state index in [2.05, 4.69) is 21.2 Å². The third kappa shape index (κ3) is 3.43. The largest absolute Gasteiger partial charge is 0.326 e. The van der Waals surface area contributed by atoms with E-state index in [1.165, 1.54) is 4.90 Å². The average Bonchev–Trinajstić information content (AvgIpc) is 2.75. The molecule has 1 aromatic rings. The summed E-state index contributed by atoms with van der Waals surface area (Å²) < 4.78 is 1.04. The van der Waals surface area contributed by atoms with Gasteiger partial charge in [0.15, 0.2) is 0 Å². The van der Waals surface area contributed by atoms with E-state index >= 15 is 0 Å². The molecule has 0 aromatic heterocycles. The number of hydrogen-bond acceptors (Lipinski definition) is 3. The molecule has 2 fully saturated rings. The Morgan fingerprint density at radius 3 is 2.48 bits per heavy atom. The summed E-state index contributed by atoms with van der Waals surface area (Å²) in [4.78, 5) is 28.3. The first-order chi connectivity index (χ1) is 11.0. The number of carbonyl (C=O) groups excluding carboxylic acids is 2. The van der Waals surface area contributed by atoms with Crippen LogP contribution in [0.4, 0.5) is 4.79 Å². The van der Waals surface area contributed by atoms with E-state index in [0.29, 0.717) is 13.2 Å². The molecule has 3 rings (SSSR count). The number of benzene rings is 1. The molecule has 5 nitrogen and oxygen atoms in total. The Morgan fingerprint density at radius 1 is 1.17 bits per heavy atom. The minimum atomic E-state index is -0.631. The van der Waals surface area contributed by atoms with Crippen LogP contribution in [-0.4, -0.2) is 41.0 Å². The van der Waals surface area contributed by atoms with E-state index in [1.54, 1.807) is 0 Å². The Hall–Kier alpha value is -1.40. The van der Waals surface area contributed by atoms with Crippen molar-refractivity contribution in [1.82, 2.24) is 15.1 Å². The molecule has 1 N–H and O–H groups in total. The van der Waals surface area contributed by atoms with Gasteiger partial charge < -0.3 is 5.32 Å². The fraction of sp³-hybridized carbons (Fsp3) is 0.529. The first-order valence-corrected chi connectivity index (χ1v) is 8.87. The second-order valence-corrected chi connectivity index (χ2v) is 7.50. The minimum Gasteiger partial charge on any atom is -0.323 e. The standard InChI is InChI=1S/C17H22BrN3O2/c1-20(11-13-5-7-14(18)8-6-13)12-21-15(22)17(19-16(21)23)9-3-2-4-10-17/h5-8H,2-4,9-12H2,1H3,(H,19,23). The van der Waals surface area contributed by atoms with Gasteiger partial charge in [-0.1, -0.05) is 47.3 Å². The highest BCUT2D eigenvalue weighted by atomic mass is 79.9. The van der Waals surface area contributed by atoms with E-state index < -0.39 is 5.54 Å². The first kappa shape index (κ1) is 16.5. The van der Waals surface area contributed by atoms with Gasteiger partial charge in [-0.2, -0.15) is 0 Å². The number of hydrogen-bond donors (Lipinski definition) is 1. The maximum atomic E-state index is 12.7. The van der Waals surface area contributed by atoms with Crippen LogP contribution in [0.5, 0.6) is 0 Å². The number of halogens is 1. The van der Waals surface area contributed by atoms with Crippen molar-refractivity contribution < 1.29 is 9.59 Å².